The van der Waals surface area contributed by atoms with Crippen LogP contribution in [0, 0.1) is 17.7 Å². The van der Waals surface area contributed by atoms with Crippen molar-refractivity contribution in [2.75, 3.05) is 33.3 Å². The Morgan fingerprint density at radius 3 is 2.62 bits per heavy atom. The molecule has 32 heavy (non-hydrogen) atoms. The van der Waals surface area contributed by atoms with E-state index in [1.807, 2.05) is 6.92 Å². The second kappa shape index (κ2) is 9.55. The fraction of sp³-hybridized carbons (Fsp3) is 0.520. The highest BCUT2D eigenvalue weighted by Gasteiger charge is 2.35. The Bertz CT molecular complexity index is 948. The van der Waals surface area contributed by atoms with E-state index in [1.54, 1.807) is 29.3 Å². The molecule has 1 aliphatic carbocycles. The number of fused-ring (bicyclic) bond motifs is 1. The summed E-state index contributed by atoms with van der Waals surface area (Å²) in [5.41, 5.74) is 1.86. The van der Waals surface area contributed by atoms with Crippen LogP contribution in [0.25, 0.3) is 11.1 Å². The van der Waals surface area contributed by atoms with Crippen LogP contribution in [-0.4, -0.2) is 71.2 Å². The van der Waals surface area contributed by atoms with Crippen molar-refractivity contribution < 1.29 is 19.0 Å². The highest BCUT2D eigenvalue weighted by Crippen LogP contribution is 2.32. The van der Waals surface area contributed by atoms with Crippen molar-refractivity contribution >= 4 is 5.91 Å². The standard InChI is InChI=1S/C25H32FN3O3/c1-16-12-29(17(2)15-30)25(31)22-10-20(19-6-8-21(26)9-7-19)11-27-24(22)32-23(16)14-28(3)13-18-4-5-18/h6-11,16-18,23,30H,4-5,12-15H2,1-3H3/t16-,17+,23-/m1/s1. The maximum Gasteiger partial charge on any atom is 0.259 e. The molecular formula is C25H32FN3O3. The molecule has 0 saturated heterocycles. The van der Waals surface area contributed by atoms with E-state index in [9.17, 15) is 14.3 Å². The van der Waals surface area contributed by atoms with E-state index in [1.165, 1.54) is 25.0 Å². The number of halogens is 1. The van der Waals surface area contributed by atoms with Crippen molar-refractivity contribution in [3.05, 3.63) is 47.9 Å². The number of pyridine rings is 1. The van der Waals surface area contributed by atoms with Crippen LogP contribution in [0.3, 0.4) is 0 Å². The summed E-state index contributed by atoms with van der Waals surface area (Å²) in [6.07, 6.45) is 4.11. The van der Waals surface area contributed by atoms with E-state index in [0.717, 1.165) is 24.6 Å². The summed E-state index contributed by atoms with van der Waals surface area (Å²) in [6.45, 7) is 6.09. The number of aliphatic hydroxyl groups is 1. The van der Waals surface area contributed by atoms with Crippen LogP contribution >= 0.6 is 0 Å². The zero-order valence-corrected chi connectivity index (χ0v) is 19.0. The molecule has 172 valence electrons. The zero-order chi connectivity index (χ0) is 22.8. The van der Waals surface area contributed by atoms with Crippen LogP contribution in [0.4, 0.5) is 4.39 Å². The number of carbonyl (C=O) groups excluding carboxylic acids is 1. The summed E-state index contributed by atoms with van der Waals surface area (Å²) in [6, 6.07) is 7.54. The Morgan fingerprint density at radius 1 is 1.25 bits per heavy atom. The third-order valence-corrected chi connectivity index (χ3v) is 6.46. The number of likely N-dealkylation sites (N-methyl/N-ethyl adjacent to an activating group) is 1. The minimum Gasteiger partial charge on any atom is -0.472 e. The fourth-order valence-electron chi connectivity index (χ4n) is 4.24. The number of rotatable bonds is 7. The van der Waals surface area contributed by atoms with Gasteiger partial charge in [-0.25, -0.2) is 9.37 Å². The van der Waals surface area contributed by atoms with E-state index in [2.05, 4.69) is 23.9 Å². The Labute approximate surface area is 189 Å². The van der Waals surface area contributed by atoms with E-state index in [-0.39, 0.29) is 36.4 Å². The molecule has 0 radical (unpaired) electrons. The number of hydrogen-bond acceptors (Lipinski definition) is 5. The average Bonchev–Trinajstić information content (AvgIpc) is 3.59. The fourth-order valence-corrected chi connectivity index (χ4v) is 4.24. The molecule has 0 spiro atoms. The molecular weight excluding hydrogens is 409 g/mol. The van der Waals surface area contributed by atoms with Crippen molar-refractivity contribution in [1.82, 2.24) is 14.8 Å². The molecule has 1 aromatic carbocycles. The Hall–Kier alpha value is -2.51. The number of hydrogen-bond donors (Lipinski definition) is 1. The van der Waals surface area contributed by atoms with Crippen molar-refractivity contribution in [3.63, 3.8) is 0 Å². The molecule has 4 rings (SSSR count). The van der Waals surface area contributed by atoms with Crippen LogP contribution in [-0.2, 0) is 0 Å². The van der Waals surface area contributed by atoms with Crippen molar-refractivity contribution in [2.45, 2.75) is 38.8 Å². The Balaban J connectivity index is 1.68. The SMILES string of the molecule is C[C@@H]1CN([C@@H](C)CO)C(=O)c2cc(-c3ccc(F)cc3)cnc2O[C@@H]1CN(C)CC1CC1. The Morgan fingerprint density at radius 2 is 1.97 bits per heavy atom. The summed E-state index contributed by atoms with van der Waals surface area (Å²) >= 11 is 0. The molecule has 1 saturated carbocycles. The third kappa shape index (κ3) is 5.10. The van der Waals surface area contributed by atoms with Crippen LogP contribution in [0.15, 0.2) is 36.5 Å². The van der Waals surface area contributed by atoms with Gasteiger partial charge in [0.15, 0.2) is 0 Å². The van der Waals surface area contributed by atoms with Crippen molar-refractivity contribution in [2.24, 2.45) is 11.8 Å². The van der Waals surface area contributed by atoms with Crippen LogP contribution < -0.4 is 4.74 Å². The highest BCUT2D eigenvalue weighted by molar-refractivity contribution is 5.98. The number of benzene rings is 1. The van der Waals surface area contributed by atoms with Crippen LogP contribution in [0.1, 0.15) is 37.0 Å². The molecule has 1 N–H and O–H groups in total. The predicted molar refractivity (Wildman–Crippen MR) is 121 cm³/mol. The van der Waals surface area contributed by atoms with Gasteiger partial charge in [-0.3, -0.25) is 4.79 Å². The molecule has 2 aliphatic rings. The summed E-state index contributed by atoms with van der Waals surface area (Å²) in [5, 5.41) is 9.79. The lowest BCUT2D eigenvalue weighted by Gasteiger charge is -2.37. The molecule has 1 aromatic heterocycles. The first-order chi connectivity index (χ1) is 15.4. The quantitative estimate of drug-likeness (QED) is 0.713. The largest absolute Gasteiger partial charge is 0.472 e. The van der Waals surface area contributed by atoms with Crippen LogP contribution in [0.2, 0.25) is 0 Å². The lowest BCUT2D eigenvalue weighted by atomic mass is 9.99. The lowest BCUT2D eigenvalue weighted by molar-refractivity contribution is 0.0328. The van der Waals surface area contributed by atoms with Gasteiger partial charge in [0, 0.05) is 37.3 Å². The van der Waals surface area contributed by atoms with Crippen molar-refractivity contribution in [1.29, 1.82) is 0 Å². The number of amides is 1. The molecule has 2 aromatic rings. The first-order valence-corrected chi connectivity index (χ1v) is 11.4. The maximum absolute atomic E-state index is 13.5. The number of aromatic nitrogens is 1. The molecule has 3 atom stereocenters. The minimum atomic E-state index is -0.324. The molecule has 7 heteroatoms. The van der Waals surface area contributed by atoms with Gasteiger partial charge in [0.2, 0.25) is 5.88 Å². The number of nitrogens with zero attached hydrogens (tertiary/aromatic N) is 3. The second-order valence-corrected chi connectivity index (χ2v) is 9.37. The summed E-state index contributed by atoms with van der Waals surface area (Å²) in [7, 11) is 2.11. The second-order valence-electron chi connectivity index (χ2n) is 9.37. The maximum atomic E-state index is 13.5. The lowest BCUT2D eigenvalue weighted by Crippen LogP contribution is -2.50. The van der Waals surface area contributed by atoms with E-state index in [0.29, 0.717) is 23.6 Å². The van der Waals surface area contributed by atoms with E-state index in [4.69, 9.17) is 4.74 Å². The molecule has 6 nitrogen and oxygen atoms in total. The molecule has 0 unspecified atom stereocenters. The third-order valence-electron chi connectivity index (χ3n) is 6.46. The molecule has 1 amide bonds. The topological polar surface area (TPSA) is 65.9 Å². The summed E-state index contributed by atoms with van der Waals surface area (Å²) < 4.78 is 19.7. The van der Waals surface area contributed by atoms with Gasteiger partial charge >= 0.3 is 0 Å². The first-order valence-electron chi connectivity index (χ1n) is 11.4. The highest BCUT2D eigenvalue weighted by atomic mass is 19.1. The molecule has 1 aliphatic heterocycles. The van der Waals surface area contributed by atoms with Gasteiger partial charge in [-0.05, 0) is 56.5 Å². The summed E-state index contributed by atoms with van der Waals surface area (Å²) in [5.74, 6) is 0.630. The van der Waals surface area contributed by atoms with E-state index >= 15 is 0 Å². The van der Waals surface area contributed by atoms with Gasteiger partial charge in [-0.15, -0.1) is 0 Å². The first kappa shape index (κ1) is 22.7. The van der Waals surface area contributed by atoms with Crippen molar-refractivity contribution in [3.8, 4) is 17.0 Å². The van der Waals surface area contributed by atoms with Gasteiger partial charge in [-0.1, -0.05) is 19.1 Å². The Kier molecular flexibility index (Phi) is 6.76. The normalized spacial score (nSPS) is 22.2. The average molecular weight is 442 g/mol. The predicted octanol–water partition coefficient (Wildman–Crippen LogP) is 3.45. The van der Waals surface area contributed by atoms with E-state index < -0.39 is 0 Å². The van der Waals surface area contributed by atoms with Gasteiger partial charge < -0.3 is 19.6 Å². The van der Waals surface area contributed by atoms with Gasteiger partial charge in [0.25, 0.3) is 5.91 Å². The van der Waals surface area contributed by atoms with Crippen LogP contribution in [0.5, 0.6) is 5.88 Å². The molecule has 2 heterocycles. The zero-order valence-electron chi connectivity index (χ0n) is 19.0. The smallest absolute Gasteiger partial charge is 0.259 e. The minimum absolute atomic E-state index is 0.0707. The number of ether oxygens (including phenoxy) is 1. The monoisotopic (exact) mass is 441 g/mol. The van der Waals surface area contributed by atoms with Gasteiger partial charge in [0.1, 0.15) is 17.5 Å². The molecule has 0 bridgehead atoms. The summed E-state index contributed by atoms with van der Waals surface area (Å²) in [4.78, 5) is 22.0. The number of aliphatic hydroxyl groups excluding tert-OH is 1. The molecule has 1 fully saturated rings. The van der Waals surface area contributed by atoms with Gasteiger partial charge in [-0.2, -0.15) is 0 Å². The number of carbonyl (C=O) groups is 1. The van der Waals surface area contributed by atoms with Gasteiger partial charge in [0.05, 0.1) is 12.6 Å².